The summed E-state index contributed by atoms with van der Waals surface area (Å²) in [4.78, 5) is 4.38. The molecule has 0 aromatic carbocycles. The zero-order valence-electron chi connectivity index (χ0n) is 8.01. The zero-order chi connectivity index (χ0) is 9.97. The van der Waals surface area contributed by atoms with Crippen molar-refractivity contribution in [3.05, 3.63) is 42.0 Å². The van der Waals surface area contributed by atoms with Gasteiger partial charge in [-0.1, -0.05) is 6.07 Å². The van der Waals surface area contributed by atoms with Crippen LogP contribution in [0.5, 0.6) is 0 Å². The SMILES string of the molecule is Cc1cccc(Cn2cc(N)cn2)n1. The van der Waals surface area contributed by atoms with E-state index in [0.717, 1.165) is 11.4 Å². The highest BCUT2D eigenvalue weighted by molar-refractivity contribution is 5.30. The molecule has 0 bridgehead atoms. The van der Waals surface area contributed by atoms with Crippen LogP contribution in [0.4, 0.5) is 5.69 Å². The molecule has 72 valence electrons. The number of pyridine rings is 1. The van der Waals surface area contributed by atoms with Crippen molar-refractivity contribution in [1.29, 1.82) is 0 Å². The molecule has 0 aliphatic heterocycles. The third-order valence-corrected chi connectivity index (χ3v) is 1.92. The minimum absolute atomic E-state index is 0.666. The van der Waals surface area contributed by atoms with E-state index in [0.29, 0.717) is 12.2 Å². The maximum Gasteiger partial charge on any atom is 0.0832 e. The van der Waals surface area contributed by atoms with E-state index in [1.165, 1.54) is 0 Å². The third kappa shape index (κ3) is 1.90. The van der Waals surface area contributed by atoms with Crippen LogP contribution in [0, 0.1) is 6.92 Å². The highest BCUT2D eigenvalue weighted by Crippen LogP contribution is 2.03. The molecule has 0 amide bonds. The number of anilines is 1. The predicted octanol–water partition coefficient (Wildman–Crippen LogP) is 1.22. The van der Waals surface area contributed by atoms with E-state index >= 15 is 0 Å². The summed E-state index contributed by atoms with van der Waals surface area (Å²) in [5.74, 6) is 0. The quantitative estimate of drug-likeness (QED) is 0.770. The number of nitrogens with two attached hydrogens (primary N) is 1. The molecule has 4 heteroatoms. The molecule has 0 aliphatic carbocycles. The molecular formula is C10H12N4. The van der Waals surface area contributed by atoms with Crippen molar-refractivity contribution in [3.63, 3.8) is 0 Å². The van der Waals surface area contributed by atoms with Gasteiger partial charge < -0.3 is 5.73 Å². The number of nitrogen functional groups attached to an aromatic ring is 1. The molecule has 0 spiro atoms. The van der Waals surface area contributed by atoms with Gasteiger partial charge in [0, 0.05) is 11.9 Å². The van der Waals surface area contributed by atoms with Crippen LogP contribution in [-0.4, -0.2) is 14.8 Å². The van der Waals surface area contributed by atoms with Gasteiger partial charge in [-0.25, -0.2) is 0 Å². The monoisotopic (exact) mass is 188 g/mol. The molecule has 14 heavy (non-hydrogen) atoms. The lowest BCUT2D eigenvalue weighted by atomic mass is 10.3. The number of nitrogens with zero attached hydrogens (tertiary/aromatic N) is 3. The molecule has 2 heterocycles. The summed E-state index contributed by atoms with van der Waals surface area (Å²) in [7, 11) is 0. The van der Waals surface area contributed by atoms with Gasteiger partial charge in [-0.3, -0.25) is 9.67 Å². The van der Waals surface area contributed by atoms with Gasteiger partial charge in [0.15, 0.2) is 0 Å². The largest absolute Gasteiger partial charge is 0.396 e. The maximum atomic E-state index is 5.56. The van der Waals surface area contributed by atoms with Gasteiger partial charge in [0.1, 0.15) is 0 Å². The molecule has 0 fully saturated rings. The molecule has 0 saturated carbocycles. The summed E-state index contributed by atoms with van der Waals surface area (Å²) in [6.07, 6.45) is 3.43. The van der Waals surface area contributed by atoms with Crippen molar-refractivity contribution in [3.8, 4) is 0 Å². The Bertz CT molecular complexity index is 433. The first kappa shape index (κ1) is 8.74. The average molecular weight is 188 g/mol. The topological polar surface area (TPSA) is 56.7 Å². The van der Waals surface area contributed by atoms with E-state index in [9.17, 15) is 0 Å². The first-order valence-corrected chi connectivity index (χ1v) is 4.44. The molecule has 0 aliphatic rings. The van der Waals surface area contributed by atoms with Crippen LogP contribution in [0.2, 0.25) is 0 Å². The van der Waals surface area contributed by atoms with Crippen LogP contribution in [-0.2, 0) is 6.54 Å². The summed E-state index contributed by atoms with van der Waals surface area (Å²) in [5.41, 5.74) is 8.25. The Morgan fingerprint density at radius 2 is 2.29 bits per heavy atom. The highest BCUT2D eigenvalue weighted by atomic mass is 15.3. The Hall–Kier alpha value is -1.84. The van der Waals surface area contributed by atoms with Crippen molar-refractivity contribution in [2.24, 2.45) is 0 Å². The second kappa shape index (κ2) is 3.49. The van der Waals surface area contributed by atoms with Crippen molar-refractivity contribution >= 4 is 5.69 Å². The van der Waals surface area contributed by atoms with Gasteiger partial charge in [-0.2, -0.15) is 5.10 Å². The fourth-order valence-corrected chi connectivity index (χ4v) is 1.32. The van der Waals surface area contributed by atoms with E-state index in [1.54, 1.807) is 17.1 Å². The summed E-state index contributed by atoms with van der Waals surface area (Å²) in [5, 5.41) is 4.09. The van der Waals surface area contributed by atoms with E-state index in [-0.39, 0.29) is 0 Å². The number of rotatable bonds is 2. The van der Waals surface area contributed by atoms with Crippen LogP contribution in [0.1, 0.15) is 11.4 Å². The van der Waals surface area contributed by atoms with Gasteiger partial charge in [0.05, 0.1) is 24.1 Å². The van der Waals surface area contributed by atoms with Crippen LogP contribution in [0.15, 0.2) is 30.6 Å². The Morgan fingerprint density at radius 3 is 2.93 bits per heavy atom. The molecule has 2 N–H and O–H groups in total. The standard InChI is InChI=1S/C10H12N4/c1-8-3-2-4-10(13-8)7-14-6-9(11)5-12-14/h2-6H,7,11H2,1H3. The smallest absolute Gasteiger partial charge is 0.0832 e. The highest BCUT2D eigenvalue weighted by Gasteiger charge is 1.98. The predicted molar refractivity (Wildman–Crippen MR) is 54.7 cm³/mol. The minimum Gasteiger partial charge on any atom is -0.396 e. The summed E-state index contributed by atoms with van der Waals surface area (Å²) in [6.45, 7) is 2.64. The van der Waals surface area contributed by atoms with Gasteiger partial charge in [0.2, 0.25) is 0 Å². The maximum absolute atomic E-state index is 5.56. The Kier molecular flexibility index (Phi) is 2.18. The number of aromatic nitrogens is 3. The summed E-state index contributed by atoms with van der Waals surface area (Å²) < 4.78 is 1.77. The molecule has 0 unspecified atom stereocenters. The van der Waals surface area contributed by atoms with E-state index in [2.05, 4.69) is 10.1 Å². The van der Waals surface area contributed by atoms with Crippen LogP contribution >= 0.6 is 0 Å². The second-order valence-corrected chi connectivity index (χ2v) is 3.24. The lowest BCUT2D eigenvalue weighted by molar-refractivity contribution is 0.671. The molecule has 2 aromatic heterocycles. The summed E-state index contributed by atoms with van der Waals surface area (Å²) in [6, 6.07) is 5.94. The number of hydrogen-bond acceptors (Lipinski definition) is 3. The number of aryl methyl sites for hydroxylation is 1. The zero-order valence-corrected chi connectivity index (χ0v) is 8.01. The molecule has 0 radical (unpaired) electrons. The molecule has 0 atom stereocenters. The van der Waals surface area contributed by atoms with Gasteiger partial charge >= 0.3 is 0 Å². The first-order chi connectivity index (χ1) is 6.74. The Morgan fingerprint density at radius 1 is 1.43 bits per heavy atom. The van der Waals surface area contributed by atoms with Gasteiger partial charge in [0.25, 0.3) is 0 Å². The minimum atomic E-state index is 0.666. The normalized spacial score (nSPS) is 10.4. The number of hydrogen-bond donors (Lipinski definition) is 1. The van der Waals surface area contributed by atoms with Gasteiger partial charge in [-0.05, 0) is 19.1 Å². The van der Waals surface area contributed by atoms with Crippen molar-refractivity contribution in [2.45, 2.75) is 13.5 Å². The fraction of sp³-hybridized carbons (Fsp3) is 0.200. The van der Waals surface area contributed by atoms with Gasteiger partial charge in [-0.15, -0.1) is 0 Å². The van der Waals surface area contributed by atoms with Crippen molar-refractivity contribution < 1.29 is 0 Å². The molecule has 2 rings (SSSR count). The van der Waals surface area contributed by atoms with Crippen molar-refractivity contribution in [2.75, 3.05) is 5.73 Å². The van der Waals surface area contributed by atoms with Crippen molar-refractivity contribution in [1.82, 2.24) is 14.8 Å². The average Bonchev–Trinajstić information content (AvgIpc) is 2.51. The fourth-order valence-electron chi connectivity index (χ4n) is 1.32. The first-order valence-electron chi connectivity index (χ1n) is 4.44. The Labute approximate surface area is 82.4 Å². The molecular weight excluding hydrogens is 176 g/mol. The molecule has 4 nitrogen and oxygen atoms in total. The second-order valence-electron chi connectivity index (χ2n) is 3.24. The van der Waals surface area contributed by atoms with Crippen LogP contribution in [0.25, 0.3) is 0 Å². The van der Waals surface area contributed by atoms with E-state index in [4.69, 9.17) is 5.73 Å². The van der Waals surface area contributed by atoms with Crippen LogP contribution in [0.3, 0.4) is 0 Å². The molecule has 2 aromatic rings. The lowest BCUT2D eigenvalue weighted by Gasteiger charge is -2.01. The third-order valence-electron chi connectivity index (χ3n) is 1.92. The molecule has 0 saturated heterocycles. The van der Waals surface area contributed by atoms with E-state index in [1.807, 2.05) is 25.1 Å². The summed E-state index contributed by atoms with van der Waals surface area (Å²) >= 11 is 0. The lowest BCUT2D eigenvalue weighted by Crippen LogP contribution is -2.02. The van der Waals surface area contributed by atoms with E-state index < -0.39 is 0 Å². The van der Waals surface area contributed by atoms with Crippen LogP contribution < -0.4 is 5.73 Å². The Balaban J connectivity index is 2.18.